The van der Waals surface area contributed by atoms with Crippen LogP contribution in [0.5, 0.6) is 0 Å². The van der Waals surface area contributed by atoms with Crippen LogP contribution in [0.4, 0.5) is 17.2 Å². The number of hydrogen-bond donors (Lipinski definition) is 2. The summed E-state index contributed by atoms with van der Waals surface area (Å²) in [5, 5.41) is 6.21. The molecule has 0 radical (unpaired) electrons. The Morgan fingerprint density at radius 1 is 1.12 bits per heavy atom. The summed E-state index contributed by atoms with van der Waals surface area (Å²) in [6, 6.07) is 8.41. The Kier molecular flexibility index (Phi) is 4.47. The molecule has 2 aromatic rings. The fraction of sp³-hybridized carbons (Fsp3) is 0.389. The van der Waals surface area contributed by atoms with Crippen LogP contribution in [-0.2, 0) is 4.74 Å². The Balaban J connectivity index is 1.47. The second-order valence-corrected chi connectivity index (χ2v) is 6.28. The summed E-state index contributed by atoms with van der Waals surface area (Å²) in [5.41, 5.74) is 2.43. The molecule has 2 fully saturated rings. The predicted octanol–water partition coefficient (Wildman–Crippen LogP) is 1.95. The summed E-state index contributed by atoms with van der Waals surface area (Å²) in [4.78, 5) is 22.8. The van der Waals surface area contributed by atoms with E-state index < -0.39 is 0 Å². The number of nitrogens with one attached hydrogen (secondary N) is 2. The molecule has 2 heterocycles. The largest absolute Gasteiger partial charge is 0.378 e. The summed E-state index contributed by atoms with van der Waals surface area (Å²) in [6.07, 6.45) is 5.21. The molecule has 2 aliphatic rings. The standard InChI is InChI=1S/C18H21N5O2/c24-18(21-13-5-6-13)15-11-20-17(12-19-15)22-14-3-1-2-4-16(14)23-7-9-25-10-8-23/h1-4,11-13H,5-10H2,(H,20,22)(H,21,24). The molecule has 7 heteroatoms. The minimum atomic E-state index is -0.157. The van der Waals surface area contributed by atoms with Gasteiger partial charge in [-0.05, 0) is 25.0 Å². The predicted molar refractivity (Wildman–Crippen MR) is 95.3 cm³/mol. The summed E-state index contributed by atoms with van der Waals surface area (Å²) < 4.78 is 5.42. The van der Waals surface area contributed by atoms with Crippen molar-refractivity contribution >= 4 is 23.1 Å². The van der Waals surface area contributed by atoms with Crippen LogP contribution in [-0.4, -0.2) is 48.2 Å². The summed E-state index contributed by atoms with van der Waals surface area (Å²) in [5.74, 6) is 0.457. The quantitative estimate of drug-likeness (QED) is 0.867. The van der Waals surface area contributed by atoms with Crippen molar-refractivity contribution in [3.05, 3.63) is 42.4 Å². The van der Waals surface area contributed by atoms with E-state index in [2.05, 4.69) is 31.6 Å². The normalized spacial score (nSPS) is 17.2. The van der Waals surface area contributed by atoms with Gasteiger partial charge in [0.25, 0.3) is 5.91 Å². The number of amides is 1. The van der Waals surface area contributed by atoms with Gasteiger partial charge in [0.1, 0.15) is 11.5 Å². The van der Waals surface area contributed by atoms with Crippen LogP contribution in [0.2, 0.25) is 0 Å². The molecule has 1 aromatic carbocycles. The minimum Gasteiger partial charge on any atom is -0.378 e. The van der Waals surface area contributed by atoms with Gasteiger partial charge in [-0.3, -0.25) is 4.79 Å². The number of carbonyl (C=O) groups is 1. The van der Waals surface area contributed by atoms with Crippen molar-refractivity contribution in [3.8, 4) is 0 Å². The topological polar surface area (TPSA) is 79.4 Å². The van der Waals surface area contributed by atoms with Crippen molar-refractivity contribution in [3.63, 3.8) is 0 Å². The zero-order valence-corrected chi connectivity index (χ0v) is 13.9. The second kappa shape index (κ2) is 7.06. The third kappa shape index (κ3) is 3.88. The van der Waals surface area contributed by atoms with Crippen LogP contribution in [0.15, 0.2) is 36.7 Å². The highest BCUT2D eigenvalue weighted by Crippen LogP contribution is 2.28. The molecule has 0 atom stereocenters. The van der Waals surface area contributed by atoms with Crippen molar-refractivity contribution in [1.82, 2.24) is 15.3 Å². The van der Waals surface area contributed by atoms with Gasteiger partial charge in [0.2, 0.25) is 0 Å². The zero-order valence-electron chi connectivity index (χ0n) is 13.9. The van der Waals surface area contributed by atoms with E-state index in [9.17, 15) is 4.79 Å². The third-order valence-electron chi connectivity index (χ3n) is 4.32. The van der Waals surface area contributed by atoms with Crippen LogP contribution >= 0.6 is 0 Å². The monoisotopic (exact) mass is 339 g/mol. The molecular weight excluding hydrogens is 318 g/mol. The molecule has 0 spiro atoms. The van der Waals surface area contributed by atoms with Crippen LogP contribution < -0.4 is 15.5 Å². The summed E-state index contributed by atoms with van der Waals surface area (Å²) in [7, 11) is 0. The lowest BCUT2D eigenvalue weighted by Gasteiger charge is -2.30. The zero-order chi connectivity index (χ0) is 17.1. The van der Waals surface area contributed by atoms with Gasteiger partial charge in [0.05, 0.1) is 37.0 Å². The number of morpholine rings is 1. The van der Waals surface area contributed by atoms with Gasteiger partial charge in [0.15, 0.2) is 0 Å². The highest BCUT2D eigenvalue weighted by atomic mass is 16.5. The first-order valence-corrected chi connectivity index (χ1v) is 8.61. The lowest BCUT2D eigenvalue weighted by molar-refractivity contribution is 0.0945. The Morgan fingerprint density at radius 3 is 2.64 bits per heavy atom. The lowest BCUT2D eigenvalue weighted by Crippen LogP contribution is -2.36. The molecule has 0 bridgehead atoms. The average molecular weight is 339 g/mol. The SMILES string of the molecule is O=C(NC1CC1)c1cnc(Nc2ccccc2N2CCOCC2)cn1. The van der Waals surface area contributed by atoms with Gasteiger partial charge in [-0.25, -0.2) is 9.97 Å². The Morgan fingerprint density at radius 2 is 1.92 bits per heavy atom. The maximum Gasteiger partial charge on any atom is 0.271 e. The molecular formula is C18H21N5O2. The van der Waals surface area contributed by atoms with Gasteiger partial charge < -0.3 is 20.3 Å². The third-order valence-corrected chi connectivity index (χ3v) is 4.32. The molecule has 130 valence electrons. The first kappa shape index (κ1) is 15.8. The number of nitrogens with zero attached hydrogens (tertiary/aromatic N) is 3. The second-order valence-electron chi connectivity index (χ2n) is 6.28. The van der Waals surface area contributed by atoms with Crippen LogP contribution in [0.3, 0.4) is 0 Å². The van der Waals surface area contributed by atoms with E-state index in [0.29, 0.717) is 17.6 Å². The summed E-state index contributed by atoms with van der Waals surface area (Å²) >= 11 is 0. The van der Waals surface area contributed by atoms with Crippen LogP contribution in [0, 0.1) is 0 Å². The van der Waals surface area contributed by atoms with E-state index in [4.69, 9.17) is 4.74 Å². The Hall–Kier alpha value is -2.67. The van der Waals surface area contributed by atoms with Crippen LogP contribution in [0.1, 0.15) is 23.3 Å². The van der Waals surface area contributed by atoms with Crippen LogP contribution in [0.25, 0.3) is 0 Å². The van der Waals surface area contributed by atoms with E-state index >= 15 is 0 Å². The maximum atomic E-state index is 12.0. The molecule has 1 saturated heterocycles. The summed E-state index contributed by atoms with van der Waals surface area (Å²) in [6.45, 7) is 3.20. The number of hydrogen-bond acceptors (Lipinski definition) is 6. The Labute approximate surface area is 146 Å². The average Bonchev–Trinajstić information content (AvgIpc) is 3.47. The van der Waals surface area contributed by atoms with Gasteiger partial charge >= 0.3 is 0 Å². The van der Waals surface area contributed by atoms with E-state index in [0.717, 1.165) is 50.5 Å². The molecule has 7 nitrogen and oxygen atoms in total. The fourth-order valence-electron chi connectivity index (χ4n) is 2.79. The highest BCUT2D eigenvalue weighted by molar-refractivity contribution is 5.92. The minimum absolute atomic E-state index is 0.157. The van der Waals surface area contributed by atoms with Crippen molar-refractivity contribution in [2.24, 2.45) is 0 Å². The number of ether oxygens (including phenoxy) is 1. The maximum absolute atomic E-state index is 12.0. The Bertz CT molecular complexity index is 739. The van der Waals surface area contributed by atoms with E-state index in [1.165, 1.54) is 6.20 Å². The molecule has 4 rings (SSSR count). The number of para-hydroxylation sites is 2. The number of carbonyl (C=O) groups excluding carboxylic acids is 1. The number of anilines is 3. The fourth-order valence-corrected chi connectivity index (χ4v) is 2.79. The van der Waals surface area contributed by atoms with Gasteiger partial charge in [-0.15, -0.1) is 0 Å². The number of benzene rings is 1. The molecule has 25 heavy (non-hydrogen) atoms. The van der Waals surface area contributed by atoms with E-state index in [1.54, 1.807) is 6.20 Å². The molecule has 1 amide bonds. The van der Waals surface area contributed by atoms with Gasteiger partial charge in [-0.2, -0.15) is 0 Å². The van der Waals surface area contributed by atoms with Crippen molar-refractivity contribution in [2.45, 2.75) is 18.9 Å². The highest BCUT2D eigenvalue weighted by Gasteiger charge is 2.24. The lowest BCUT2D eigenvalue weighted by atomic mass is 10.2. The molecule has 1 saturated carbocycles. The van der Waals surface area contributed by atoms with Gasteiger partial charge in [-0.1, -0.05) is 12.1 Å². The van der Waals surface area contributed by atoms with E-state index in [1.807, 2.05) is 18.2 Å². The van der Waals surface area contributed by atoms with Gasteiger partial charge in [0, 0.05) is 19.1 Å². The molecule has 0 unspecified atom stereocenters. The molecule has 1 aliphatic heterocycles. The smallest absolute Gasteiger partial charge is 0.271 e. The number of rotatable bonds is 5. The van der Waals surface area contributed by atoms with Crippen molar-refractivity contribution in [1.29, 1.82) is 0 Å². The molecule has 1 aromatic heterocycles. The molecule has 2 N–H and O–H groups in total. The number of aromatic nitrogens is 2. The molecule has 1 aliphatic carbocycles. The van der Waals surface area contributed by atoms with E-state index in [-0.39, 0.29) is 5.91 Å². The van der Waals surface area contributed by atoms with Crippen molar-refractivity contribution < 1.29 is 9.53 Å². The first-order chi connectivity index (χ1) is 12.3. The van der Waals surface area contributed by atoms with Crippen molar-refractivity contribution in [2.75, 3.05) is 36.5 Å². The first-order valence-electron chi connectivity index (χ1n) is 8.61.